The number of aromatic nitrogens is 1. The highest BCUT2D eigenvalue weighted by molar-refractivity contribution is 7.09. The van der Waals surface area contributed by atoms with Crippen molar-refractivity contribution in [2.24, 2.45) is 0 Å². The molecular formula is C19H23N3OS. The van der Waals surface area contributed by atoms with Crippen LogP contribution in [0.4, 0.5) is 5.82 Å². The number of nitrogens with zero attached hydrogens (tertiary/aromatic N) is 2. The Labute approximate surface area is 146 Å². The van der Waals surface area contributed by atoms with Crippen LogP contribution in [-0.2, 0) is 13.1 Å². The zero-order chi connectivity index (χ0) is 16.9. The summed E-state index contributed by atoms with van der Waals surface area (Å²) in [4.78, 5) is 8.48. The number of thiophene rings is 1. The number of aliphatic hydroxyl groups is 1. The minimum atomic E-state index is 0.139. The number of aryl methyl sites for hydroxylation is 1. The minimum absolute atomic E-state index is 0.139. The van der Waals surface area contributed by atoms with Gasteiger partial charge in [0.2, 0.25) is 0 Å². The topological polar surface area (TPSA) is 48.4 Å². The summed E-state index contributed by atoms with van der Waals surface area (Å²) in [7, 11) is 2.09. The zero-order valence-corrected chi connectivity index (χ0v) is 14.9. The molecule has 2 N–H and O–H groups in total. The average molecular weight is 341 g/mol. The van der Waals surface area contributed by atoms with E-state index in [9.17, 15) is 0 Å². The Morgan fingerprint density at radius 3 is 2.88 bits per heavy atom. The maximum Gasteiger partial charge on any atom is 0.133 e. The molecule has 2 aromatic heterocycles. The summed E-state index contributed by atoms with van der Waals surface area (Å²) in [5.41, 5.74) is 3.39. The summed E-state index contributed by atoms with van der Waals surface area (Å²) in [6.45, 7) is 4.36. The Bertz CT molecular complexity index is 802. The summed E-state index contributed by atoms with van der Waals surface area (Å²) >= 11 is 1.76. The molecule has 0 fully saturated rings. The molecule has 126 valence electrons. The van der Waals surface area contributed by atoms with Gasteiger partial charge in [0.15, 0.2) is 0 Å². The van der Waals surface area contributed by atoms with Crippen molar-refractivity contribution in [1.82, 2.24) is 10.3 Å². The lowest BCUT2D eigenvalue weighted by Gasteiger charge is -2.22. The number of nitrogens with one attached hydrogen (secondary N) is 1. The van der Waals surface area contributed by atoms with Gasteiger partial charge in [-0.3, -0.25) is 0 Å². The number of aliphatic hydroxyl groups excluding tert-OH is 1. The molecule has 5 heteroatoms. The first-order chi connectivity index (χ1) is 11.7. The smallest absolute Gasteiger partial charge is 0.133 e. The van der Waals surface area contributed by atoms with Gasteiger partial charge in [0.25, 0.3) is 0 Å². The quantitative estimate of drug-likeness (QED) is 0.647. The van der Waals surface area contributed by atoms with Crippen LogP contribution in [0.2, 0.25) is 0 Å². The molecule has 0 aliphatic rings. The van der Waals surface area contributed by atoms with E-state index in [1.807, 2.05) is 0 Å². The Morgan fingerprint density at radius 2 is 2.12 bits per heavy atom. The van der Waals surface area contributed by atoms with Crippen molar-refractivity contribution in [2.45, 2.75) is 20.0 Å². The average Bonchev–Trinajstić information content (AvgIpc) is 3.08. The Kier molecular flexibility index (Phi) is 5.45. The number of hydrogen-bond donors (Lipinski definition) is 2. The number of pyridine rings is 1. The fraction of sp³-hybridized carbons (Fsp3) is 0.316. The maximum absolute atomic E-state index is 9.01. The van der Waals surface area contributed by atoms with E-state index in [1.54, 1.807) is 11.3 Å². The van der Waals surface area contributed by atoms with Crippen LogP contribution >= 0.6 is 11.3 Å². The first-order valence-corrected chi connectivity index (χ1v) is 9.01. The summed E-state index contributed by atoms with van der Waals surface area (Å²) < 4.78 is 0. The highest BCUT2D eigenvalue weighted by atomic mass is 32.1. The molecule has 24 heavy (non-hydrogen) atoms. The first kappa shape index (κ1) is 16.9. The number of rotatable bonds is 7. The van der Waals surface area contributed by atoms with Crippen molar-refractivity contribution in [3.63, 3.8) is 0 Å². The molecule has 0 saturated carbocycles. The molecule has 3 aromatic rings. The fourth-order valence-corrected chi connectivity index (χ4v) is 3.61. The third-order valence-electron chi connectivity index (χ3n) is 4.04. The highest BCUT2D eigenvalue weighted by Crippen LogP contribution is 2.26. The molecule has 1 aromatic carbocycles. The molecule has 0 saturated heterocycles. The van der Waals surface area contributed by atoms with Gasteiger partial charge in [-0.1, -0.05) is 24.3 Å². The van der Waals surface area contributed by atoms with Gasteiger partial charge in [0, 0.05) is 36.0 Å². The molecule has 0 atom stereocenters. The first-order valence-electron chi connectivity index (χ1n) is 8.13. The lowest BCUT2D eigenvalue weighted by Crippen LogP contribution is -2.23. The van der Waals surface area contributed by atoms with Gasteiger partial charge in [0.05, 0.1) is 18.7 Å². The Hall–Kier alpha value is -1.95. The van der Waals surface area contributed by atoms with Crippen molar-refractivity contribution in [3.05, 3.63) is 57.8 Å². The van der Waals surface area contributed by atoms with Gasteiger partial charge >= 0.3 is 0 Å². The van der Waals surface area contributed by atoms with Crippen LogP contribution < -0.4 is 10.2 Å². The van der Waals surface area contributed by atoms with Crippen LogP contribution in [0, 0.1) is 6.92 Å². The number of anilines is 1. The lowest BCUT2D eigenvalue weighted by molar-refractivity contribution is 0.292. The van der Waals surface area contributed by atoms with E-state index in [0.29, 0.717) is 13.1 Å². The van der Waals surface area contributed by atoms with Crippen LogP contribution in [0.15, 0.2) is 41.8 Å². The number of fused-ring (bicyclic) bond motifs is 1. The van der Waals surface area contributed by atoms with Gasteiger partial charge in [-0.2, -0.15) is 0 Å². The largest absolute Gasteiger partial charge is 0.395 e. The Balaban J connectivity index is 1.97. The van der Waals surface area contributed by atoms with E-state index in [-0.39, 0.29) is 6.61 Å². The van der Waals surface area contributed by atoms with Crippen LogP contribution in [-0.4, -0.2) is 30.3 Å². The van der Waals surface area contributed by atoms with Crippen molar-refractivity contribution < 1.29 is 5.11 Å². The molecule has 2 heterocycles. The molecule has 0 spiro atoms. The summed E-state index contributed by atoms with van der Waals surface area (Å²) in [5.74, 6) is 0.996. The van der Waals surface area contributed by atoms with Crippen molar-refractivity contribution >= 4 is 28.1 Å². The maximum atomic E-state index is 9.01. The monoisotopic (exact) mass is 341 g/mol. The minimum Gasteiger partial charge on any atom is -0.395 e. The highest BCUT2D eigenvalue weighted by Gasteiger charge is 2.13. The molecule has 4 nitrogen and oxygen atoms in total. The van der Waals surface area contributed by atoms with Crippen LogP contribution in [0.3, 0.4) is 0 Å². The van der Waals surface area contributed by atoms with E-state index in [1.165, 1.54) is 10.4 Å². The molecule has 0 unspecified atom stereocenters. The number of benzene rings is 1. The van der Waals surface area contributed by atoms with Crippen molar-refractivity contribution in [1.29, 1.82) is 0 Å². The summed E-state index contributed by atoms with van der Waals surface area (Å²) in [6.07, 6.45) is 0. The summed E-state index contributed by atoms with van der Waals surface area (Å²) in [5, 5.41) is 15.5. The van der Waals surface area contributed by atoms with Crippen molar-refractivity contribution in [3.8, 4) is 0 Å². The molecule has 0 bridgehead atoms. The van der Waals surface area contributed by atoms with Gasteiger partial charge in [0.1, 0.15) is 5.82 Å². The molecular weight excluding hydrogens is 318 g/mol. The zero-order valence-electron chi connectivity index (χ0n) is 14.1. The van der Waals surface area contributed by atoms with Crippen molar-refractivity contribution in [2.75, 3.05) is 25.1 Å². The SMILES string of the molecule is Cc1cccc2cc(CNCCO)c(N(C)Cc3cccs3)nc12. The van der Waals surface area contributed by atoms with E-state index in [2.05, 4.69) is 66.0 Å². The third-order valence-corrected chi connectivity index (χ3v) is 4.90. The van der Waals surface area contributed by atoms with Gasteiger partial charge < -0.3 is 15.3 Å². The van der Waals surface area contributed by atoms with Crippen LogP contribution in [0.25, 0.3) is 10.9 Å². The molecule has 0 radical (unpaired) electrons. The second kappa shape index (κ2) is 7.75. The molecule has 0 aliphatic heterocycles. The van der Waals surface area contributed by atoms with E-state index in [4.69, 9.17) is 10.1 Å². The molecule has 0 amide bonds. The second-order valence-corrected chi connectivity index (χ2v) is 6.99. The van der Waals surface area contributed by atoms with Crippen LogP contribution in [0.1, 0.15) is 16.0 Å². The van der Waals surface area contributed by atoms with Gasteiger partial charge in [-0.05, 0) is 30.0 Å². The number of hydrogen-bond acceptors (Lipinski definition) is 5. The lowest BCUT2D eigenvalue weighted by atomic mass is 10.1. The van der Waals surface area contributed by atoms with E-state index < -0.39 is 0 Å². The normalized spacial score (nSPS) is 11.1. The van der Waals surface area contributed by atoms with Gasteiger partial charge in [-0.25, -0.2) is 4.98 Å². The Morgan fingerprint density at radius 1 is 1.25 bits per heavy atom. The van der Waals surface area contributed by atoms with Gasteiger partial charge in [-0.15, -0.1) is 11.3 Å². The predicted molar refractivity (Wildman–Crippen MR) is 102 cm³/mol. The predicted octanol–water partition coefficient (Wildman–Crippen LogP) is 3.32. The molecule has 0 aliphatic carbocycles. The van der Waals surface area contributed by atoms with E-state index >= 15 is 0 Å². The molecule has 3 rings (SSSR count). The standard InChI is InChI=1S/C19H23N3OS/c1-14-5-3-6-15-11-16(12-20-8-9-23)19(21-18(14)15)22(2)13-17-7-4-10-24-17/h3-7,10-11,20,23H,8-9,12-13H2,1-2H3. The fourth-order valence-electron chi connectivity index (χ4n) is 2.85. The van der Waals surface area contributed by atoms with Crippen LogP contribution in [0.5, 0.6) is 0 Å². The number of para-hydroxylation sites is 1. The third kappa shape index (κ3) is 3.75. The summed E-state index contributed by atoms with van der Waals surface area (Å²) in [6, 6.07) is 12.7. The second-order valence-electron chi connectivity index (χ2n) is 5.95. The van der Waals surface area contributed by atoms with E-state index in [0.717, 1.165) is 28.8 Å².